The van der Waals surface area contributed by atoms with E-state index in [9.17, 15) is 4.79 Å². The molecule has 1 fully saturated rings. The lowest BCUT2D eigenvalue weighted by molar-refractivity contribution is -0.127. The Hall–Kier alpha value is -1.98. The van der Waals surface area contributed by atoms with Crippen LogP contribution in [0.1, 0.15) is 5.56 Å². The maximum atomic E-state index is 12.3. The van der Waals surface area contributed by atoms with E-state index in [1.807, 2.05) is 11.0 Å². The SMILES string of the molecule is C=CCN1CCN(C(=O)C=Cc2ccc(OC)c(OC)c2Cl)CC1. The Labute approximate surface area is 148 Å². The van der Waals surface area contributed by atoms with Crippen molar-refractivity contribution in [3.05, 3.63) is 41.4 Å². The first kappa shape index (κ1) is 18.4. The van der Waals surface area contributed by atoms with Gasteiger partial charge in [-0.15, -0.1) is 6.58 Å². The molecule has 0 radical (unpaired) electrons. The van der Waals surface area contributed by atoms with Crippen molar-refractivity contribution >= 4 is 23.6 Å². The van der Waals surface area contributed by atoms with Crippen molar-refractivity contribution in [2.75, 3.05) is 46.9 Å². The number of carbonyl (C=O) groups excluding carboxylic acids is 1. The van der Waals surface area contributed by atoms with E-state index in [1.165, 1.54) is 7.11 Å². The number of hydrogen-bond donors (Lipinski definition) is 0. The maximum Gasteiger partial charge on any atom is 0.246 e. The minimum absolute atomic E-state index is 0.0147. The van der Waals surface area contributed by atoms with Crippen LogP contribution >= 0.6 is 11.6 Å². The van der Waals surface area contributed by atoms with Crippen LogP contribution in [0.4, 0.5) is 0 Å². The third-order valence-electron chi connectivity index (χ3n) is 3.99. The molecule has 1 amide bonds. The molecule has 0 unspecified atom stereocenters. The minimum Gasteiger partial charge on any atom is -0.493 e. The Morgan fingerprint density at radius 1 is 1.25 bits per heavy atom. The predicted molar refractivity (Wildman–Crippen MR) is 96.8 cm³/mol. The zero-order valence-electron chi connectivity index (χ0n) is 14.1. The van der Waals surface area contributed by atoms with Crippen LogP contribution in [0.5, 0.6) is 11.5 Å². The highest BCUT2D eigenvalue weighted by Gasteiger charge is 2.19. The van der Waals surface area contributed by atoms with Gasteiger partial charge >= 0.3 is 0 Å². The molecule has 1 aromatic rings. The number of halogens is 1. The first-order valence-corrected chi connectivity index (χ1v) is 8.19. The van der Waals surface area contributed by atoms with Crippen molar-refractivity contribution in [2.45, 2.75) is 0 Å². The van der Waals surface area contributed by atoms with Gasteiger partial charge in [0.25, 0.3) is 0 Å². The molecular formula is C18H23ClN2O3. The summed E-state index contributed by atoms with van der Waals surface area (Å²) in [7, 11) is 3.09. The zero-order chi connectivity index (χ0) is 17.5. The van der Waals surface area contributed by atoms with Gasteiger partial charge in [-0.05, 0) is 23.8 Å². The molecule has 24 heavy (non-hydrogen) atoms. The summed E-state index contributed by atoms with van der Waals surface area (Å²) in [6.45, 7) is 7.77. The van der Waals surface area contributed by atoms with Crippen molar-refractivity contribution in [1.82, 2.24) is 9.80 Å². The third kappa shape index (κ3) is 4.30. The average molecular weight is 351 g/mol. The van der Waals surface area contributed by atoms with Gasteiger partial charge in [0, 0.05) is 38.8 Å². The van der Waals surface area contributed by atoms with Crippen molar-refractivity contribution in [3.8, 4) is 11.5 Å². The summed E-state index contributed by atoms with van der Waals surface area (Å²) in [6, 6.07) is 3.57. The minimum atomic E-state index is -0.0147. The molecule has 1 heterocycles. The van der Waals surface area contributed by atoms with Crippen molar-refractivity contribution in [2.24, 2.45) is 0 Å². The molecule has 1 aliphatic rings. The van der Waals surface area contributed by atoms with Gasteiger partial charge in [0.05, 0.1) is 19.2 Å². The normalized spacial score (nSPS) is 15.5. The smallest absolute Gasteiger partial charge is 0.246 e. The maximum absolute atomic E-state index is 12.3. The molecule has 5 nitrogen and oxygen atoms in total. The van der Waals surface area contributed by atoms with Gasteiger partial charge in [-0.1, -0.05) is 17.7 Å². The van der Waals surface area contributed by atoms with Crippen LogP contribution in [-0.2, 0) is 4.79 Å². The van der Waals surface area contributed by atoms with Crippen molar-refractivity contribution in [1.29, 1.82) is 0 Å². The third-order valence-corrected chi connectivity index (χ3v) is 4.38. The highest BCUT2D eigenvalue weighted by Crippen LogP contribution is 2.37. The Morgan fingerprint density at radius 2 is 1.96 bits per heavy atom. The molecule has 0 spiro atoms. The van der Waals surface area contributed by atoms with Crippen LogP contribution < -0.4 is 9.47 Å². The van der Waals surface area contributed by atoms with E-state index < -0.39 is 0 Å². The van der Waals surface area contributed by atoms with Crippen LogP contribution in [0.2, 0.25) is 5.02 Å². The van der Waals surface area contributed by atoms with E-state index >= 15 is 0 Å². The van der Waals surface area contributed by atoms with Gasteiger partial charge in [0.15, 0.2) is 11.5 Å². The van der Waals surface area contributed by atoms with Gasteiger partial charge in [-0.25, -0.2) is 0 Å². The summed E-state index contributed by atoms with van der Waals surface area (Å²) < 4.78 is 10.5. The summed E-state index contributed by atoms with van der Waals surface area (Å²) >= 11 is 6.32. The Kier molecular flexibility index (Phi) is 6.70. The average Bonchev–Trinajstić information content (AvgIpc) is 2.61. The monoisotopic (exact) mass is 350 g/mol. The molecule has 1 aliphatic heterocycles. The number of piperazine rings is 1. The quantitative estimate of drug-likeness (QED) is 0.584. The highest BCUT2D eigenvalue weighted by atomic mass is 35.5. The van der Waals surface area contributed by atoms with E-state index in [0.29, 0.717) is 22.1 Å². The second-order valence-corrected chi connectivity index (χ2v) is 5.83. The molecular weight excluding hydrogens is 328 g/mol. The number of carbonyl (C=O) groups is 1. The molecule has 1 saturated heterocycles. The van der Waals surface area contributed by atoms with E-state index in [-0.39, 0.29) is 5.91 Å². The van der Waals surface area contributed by atoms with Crippen LogP contribution in [-0.4, -0.2) is 62.7 Å². The summed E-state index contributed by atoms with van der Waals surface area (Å²) in [5.41, 5.74) is 0.716. The van der Waals surface area contributed by atoms with E-state index in [1.54, 1.807) is 31.4 Å². The molecule has 0 aliphatic carbocycles. The second kappa shape index (κ2) is 8.76. The molecule has 1 aromatic carbocycles. The van der Waals surface area contributed by atoms with Gasteiger partial charge in [0.1, 0.15) is 0 Å². The first-order chi connectivity index (χ1) is 11.6. The van der Waals surface area contributed by atoms with Crippen LogP contribution in [0.15, 0.2) is 30.9 Å². The van der Waals surface area contributed by atoms with E-state index in [2.05, 4.69) is 11.5 Å². The topological polar surface area (TPSA) is 42.0 Å². The van der Waals surface area contributed by atoms with Crippen molar-refractivity contribution in [3.63, 3.8) is 0 Å². The fourth-order valence-corrected chi connectivity index (χ4v) is 2.93. The van der Waals surface area contributed by atoms with E-state index in [0.717, 1.165) is 32.7 Å². The fourth-order valence-electron chi connectivity index (χ4n) is 2.63. The Morgan fingerprint density at radius 3 is 2.54 bits per heavy atom. The van der Waals surface area contributed by atoms with Crippen LogP contribution in [0.25, 0.3) is 6.08 Å². The highest BCUT2D eigenvalue weighted by molar-refractivity contribution is 6.33. The van der Waals surface area contributed by atoms with Crippen LogP contribution in [0.3, 0.4) is 0 Å². The number of rotatable bonds is 6. The predicted octanol–water partition coefficient (Wildman–Crippen LogP) is 2.70. The Bertz CT molecular complexity index is 623. The summed E-state index contributed by atoms with van der Waals surface area (Å²) in [5.74, 6) is 1.01. The van der Waals surface area contributed by atoms with Gasteiger partial charge in [-0.2, -0.15) is 0 Å². The first-order valence-electron chi connectivity index (χ1n) is 7.81. The molecule has 2 rings (SSSR count). The zero-order valence-corrected chi connectivity index (χ0v) is 14.9. The number of nitrogens with zero attached hydrogens (tertiary/aromatic N) is 2. The van der Waals surface area contributed by atoms with Gasteiger partial charge in [0.2, 0.25) is 5.91 Å². The molecule has 0 saturated carbocycles. The summed E-state index contributed by atoms with van der Waals surface area (Å²) in [4.78, 5) is 16.4. The molecule has 0 N–H and O–H groups in total. The van der Waals surface area contributed by atoms with Gasteiger partial charge < -0.3 is 14.4 Å². The molecule has 0 atom stereocenters. The lowest BCUT2D eigenvalue weighted by Crippen LogP contribution is -2.48. The Balaban J connectivity index is 2.03. The summed E-state index contributed by atoms with van der Waals surface area (Å²) in [6.07, 6.45) is 5.15. The molecule has 0 aromatic heterocycles. The van der Waals surface area contributed by atoms with E-state index in [4.69, 9.17) is 21.1 Å². The number of amides is 1. The lowest BCUT2D eigenvalue weighted by atomic mass is 10.1. The standard InChI is InChI=1S/C18H23ClN2O3/c1-4-9-20-10-12-21(13-11-20)16(22)8-6-14-5-7-15(23-2)18(24-3)17(14)19/h4-8H,1,9-13H2,2-3H3. The van der Waals surface area contributed by atoms with Gasteiger partial charge in [-0.3, -0.25) is 9.69 Å². The molecule has 0 bridgehead atoms. The summed E-state index contributed by atoms with van der Waals surface area (Å²) in [5, 5.41) is 0.428. The second-order valence-electron chi connectivity index (χ2n) is 5.45. The fraction of sp³-hybridized carbons (Fsp3) is 0.389. The van der Waals surface area contributed by atoms with Crippen LogP contribution in [0, 0.1) is 0 Å². The van der Waals surface area contributed by atoms with Crippen molar-refractivity contribution < 1.29 is 14.3 Å². The lowest BCUT2D eigenvalue weighted by Gasteiger charge is -2.33. The molecule has 6 heteroatoms. The number of hydrogen-bond acceptors (Lipinski definition) is 4. The number of methoxy groups -OCH3 is 2. The number of ether oxygens (including phenoxy) is 2. The largest absolute Gasteiger partial charge is 0.493 e. The molecule has 130 valence electrons. The number of benzene rings is 1.